The SMILES string of the molecule is O=Cc1cc(O)ccc1-c1cccc(-n2c(=O)n([C@H]3CC[C@@H](NC(=O)O)CC3)c(=O)c3cc(F)cnc32)c1. The summed E-state index contributed by atoms with van der Waals surface area (Å²) < 4.78 is 16.5. The summed E-state index contributed by atoms with van der Waals surface area (Å²) in [5.74, 6) is -0.796. The molecule has 0 radical (unpaired) electrons. The molecule has 0 bridgehead atoms. The van der Waals surface area contributed by atoms with E-state index in [-0.39, 0.29) is 28.4 Å². The average molecular weight is 519 g/mol. The molecule has 2 aromatic carbocycles. The molecule has 11 heteroatoms. The Balaban J connectivity index is 1.67. The van der Waals surface area contributed by atoms with Crippen LogP contribution in [-0.4, -0.2) is 42.8 Å². The maximum atomic E-state index is 14.2. The minimum atomic E-state index is -1.13. The predicted molar refractivity (Wildman–Crippen MR) is 136 cm³/mol. The van der Waals surface area contributed by atoms with E-state index in [2.05, 4.69) is 10.3 Å². The normalized spacial score (nSPS) is 17.3. The van der Waals surface area contributed by atoms with Crippen molar-refractivity contribution in [2.75, 3.05) is 0 Å². The number of aromatic nitrogens is 3. The fourth-order valence-electron chi connectivity index (χ4n) is 5.11. The number of hydrogen-bond acceptors (Lipinski definition) is 6. The lowest BCUT2D eigenvalue weighted by Gasteiger charge is -2.29. The summed E-state index contributed by atoms with van der Waals surface area (Å²) in [6, 6.07) is 11.3. The number of aromatic hydroxyl groups is 1. The molecule has 2 aromatic heterocycles. The van der Waals surface area contributed by atoms with E-state index in [1.807, 2.05) is 0 Å². The second-order valence-electron chi connectivity index (χ2n) is 9.21. The Morgan fingerprint density at radius 3 is 2.55 bits per heavy atom. The van der Waals surface area contributed by atoms with Gasteiger partial charge in [0.2, 0.25) is 0 Å². The number of phenols is 1. The number of halogens is 1. The zero-order chi connectivity index (χ0) is 27.0. The Labute approximate surface area is 214 Å². The number of nitrogens with zero attached hydrogens (tertiary/aromatic N) is 3. The highest BCUT2D eigenvalue weighted by Gasteiger charge is 2.28. The first-order chi connectivity index (χ1) is 18.3. The number of benzene rings is 2. The van der Waals surface area contributed by atoms with Gasteiger partial charge in [-0.1, -0.05) is 12.1 Å². The molecule has 194 valence electrons. The van der Waals surface area contributed by atoms with Crippen LogP contribution in [0.3, 0.4) is 0 Å². The van der Waals surface area contributed by atoms with Crippen molar-refractivity contribution in [3.8, 4) is 22.6 Å². The molecule has 0 unspecified atom stereocenters. The monoisotopic (exact) mass is 518 g/mol. The number of rotatable bonds is 5. The van der Waals surface area contributed by atoms with Gasteiger partial charge < -0.3 is 15.5 Å². The molecular weight excluding hydrogens is 495 g/mol. The van der Waals surface area contributed by atoms with E-state index in [4.69, 9.17) is 5.11 Å². The van der Waals surface area contributed by atoms with Gasteiger partial charge in [-0.05, 0) is 73.2 Å². The van der Waals surface area contributed by atoms with E-state index in [9.17, 15) is 28.7 Å². The first-order valence-electron chi connectivity index (χ1n) is 12.0. The number of carboxylic acid groups (broad SMARTS) is 1. The number of hydrogen-bond donors (Lipinski definition) is 3. The summed E-state index contributed by atoms with van der Waals surface area (Å²) in [4.78, 5) is 54.0. The third-order valence-corrected chi connectivity index (χ3v) is 6.86. The van der Waals surface area contributed by atoms with Crippen LogP contribution >= 0.6 is 0 Å². The average Bonchev–Trinajstić information content (AvgIpc) is 2.90. The zero-order valence-electron chi connectivity index (χ0n) is 20.0. The third kappa shape index (κ3) is 4.54. The van der Waals surface area contributed by atoms with Crippen LogP contribution in [0.1, 0.15) is 42.1 Å². The lowest BCUT2D eigenvalue weighted by Crippen LogP contribution is -2.45. The Morgan fingerprint density at radius 1 is 1.08 bits per heavy atom. The van der Waals surface area contributed by atoms with Crippen LogP contribution in [0.25, 0.3) is 27.8 Å². The molecule has 1 aliphatic carbocycles. The van der Waals surface area contributed by atoms with Gasteiger partial charge in [-0.2, -0.15) is 0 Å². The van der Waals surface area contributed by atoms with Gasteiger partial charge in [0.25, 0.3) is 5.56 Å². The van der Waals surface area contributed by atoms with Crippen molar-refractivity contribution in [2.45, 2.75) is 37.8 Å². The quantitative estimate of drug-likeness (QED) is 0.342. The van der Waals surface area contributed by atoms with Crippen molar-refractivity contribution in [1.29, 1.82) is 0 Å². The summed E-state index contributed by atoms with van der Waals surface area (Å²) in [6.07, 6.45) is 2.05. The third-order valence-electron chi connectivity index (χ3n) is 6.86. The number of phenolic OH excluding ortho intramolecular Hbond substituents is 1. The molecule has 1 saturated carbocycles. The standard InChI is InChI=1S/C27H23FN4O6/c28-17-12-23-24(29-13-17)31(20-3-1-2-15(10-20)22-9-8-21(34)11-16(22)14-33)27(38)32(25(23)35)19-6-4-18(5-7-19)30-26(36)37/h1-3,8-14,18-19,30,34H,4-7H2,(H,36,37)/t18-,19+. The minimum absolute atomic E-state index is 0.0163. The highest BCUT2D eigenvalue weighted by Crippen LogP contribution is 2.29. The van der Waals surface area contributed by atoms with Crippen LogP contribution < -0.4 is 16.6 Å². The molecule has 1 aliphatic rings. The van der Waals surface area contributed by atoms with E-state index >= 15 is 0 Å². The van der Waals surface area contributed by atoms with Crippen molar-refractivity contribution in [3.63, 3.8) is 0 Å². The predicted octanol–water partition coefficient (Wildman–Crippen LogP) is 3.62. The zero-order valence-corrected chi connectivity index (χ0v) is 20.0. The van der Waals surface area contributed by atoms with E-state index in [0.717, 1.165) is 16.8 Å². The second kappa shape index (κ2) is 9.92. The smallest absolute Gasteiger partial charge is 0.404 e. The highest BCUT2D eigenvalue weighted by atomic mass is 19.1. The summed E-state index contributed by atoms with van der Waals surface area (Å²) >= 11 is 0. The van der Waals surface area contributed by atoms with Crippen molar-refractivity contribution < 1.29 is 24.2 Å². The first kappa shape index (κ1) is 24.9. The molecule has 0 atom stereocenters. The molecule has 4 aromatic rings. The van der Waals surface area contributed by atoms with E-state index in [1.54, 1.807) is 30.3 Å². The van der Waals surface area contributed by atoms with Gasteiger partial charge in [-0.15, -0.1) is 0 Å². The molecule has 0 saturated heterocycles. The van der Waals surface area contributed by atoms with Gasteiger partial charge in [-0.3, -0.25) is 14.2 Å². The van der Waals surface area contributed by atoms with Crippen molar-refractivity contribution in [1.82, 2.24) is 19.4 Å². The minimum Gasteiger partial charge on any atom is -0.508 e. The molecule has 3 N–H and O–H groups in total. The molecule has 5 rings (SSSR count). The summed E-state index contributed by atoms with van der Waals surface area (Å²) in [6.45, 7) is 0. The fourth-order valence-corrected chi connectivity index (χ4v) is 5.11. The van der Waals surface area contributed by atoms with Crippen LogP contribution in [-0.2, 0) is 0 Å². The molecular formula is C27H23FN4O6. The summed E-state index contributed by atoms with van der Waals surface area (Å²) in [7, 11) is 0. The topological polar surface area (TPSA) is 144 Å². The fraction of sp³-hybridized carbons (Fsp3) is 0.222. The number of fused-ring (bicyclic) bond motifs is 1. The van der Waals surface area contributed by atoms with Gasteiger partial charge in [0.1, 0.15) is 11.6 Å². The molecule has 1 amide bonds. The van der Waals surface area contributed by atoms with Gasteiger partial charge in [0.05, 0.1) is 17.3 Å². The van der Waals surface area contributed by atoms with Gasteiger partial charge >= 0.3 is 11.8 Å². The van der Waals surface area contributed by atoms with Crippen molar-refractivity contribution in [2.24, 2.45) is 0 Å². The number of pyridine rings is 1. The van der Waals surface area contributed by atoms with Gasteiger partial charge in [-0.25, -0.2) is 23.5 Å². The maximum Gasteiger partial charge on any atom is 0.404 e. The molecule has 0 spiro atoms. The Hall–Kier alpha value is -4.80. The van der Waals surface area contributed by atoms with Crippen LogP contribution in [0.4, 0.5) is 9.18 Å². The molecule has 1 fully saturated rings. The lowest BCUT2D eigenvalue weighted by molar-refractivity contribution is 0.112. The largest absolute Gasteiger partial charge is 0.508 e. The summed E-state index contributed by atoms with van der Waals surface area (Å²) in [5, 5.41) is 21.1. The first-order valence-corrected chi connectivity index (χ1v) is 12.0. The molecule has 10 nitrogen and oxygen atoms in total. The highest BCUT2D eigenvalue weighted by molar-refractivity contribution is 5.88. The number of carbonyl (C=O) groups is 2. The van der Waals surface area contributed by atoms with Gasteiger partial charge in [0, 0.05) is 17.6 Å². The van der Waals surface area contributed by atoms with Crippen molar-refractivity contribution in [3.05, 3.63) is 86.9 Å². The second-order valence-corrected chi connectivity index (χ2v) is 9.21. The number of aldehydes is 1. The number of nitrogens with one attached hydrogen (secondary N) is 1. The molecule has 0 aliphatic heterocycles. The van der Waals surface area contributed by atoms with Crippen LogP contribution in [0.5, 0.6) is 5.75 Å². The van der Waals surface area contributed by atoms with Crippen LogP contribution in [0.15, 0.2) is 64.3 Å². The Morgan fingerprint density at radius 2 is 1.84 bits per heavy atom. The Bertz CT molecular complexity index is 1690. The lowest BCUT2D eigenvalue weighted by atomic mass is 9.91. The van der Waals surface area contributed by atoms with E-state index in [1.165, 1.54) is 16.7 Å². The molecule has 38 heavy (non-hydrogen) atoms. The Kier molecular flexibility index (Phi) is 6.50. The van der Waals surface area contributed by atoms with Crippen LogP contribution in [0, 0.1) is 5.82 Å². The number of amides is 1. The van der Waals surface area contributed by atoms with E-state index < -0.39 is 29.2 Å². The van der Waals surface area contributed by atoms with Crippen molar-refractivity contribution >= 4 is 23.4 Å². The van der Waals surface area contributed by atoms with E-state index in [0.29, 0.717) is 48.8 Å². The summed E-state index contributed by atoms with van der Waals surface area (Å²) in [5.41, 5.74) is 0.346. The van der Waals surface area contributed by atoms with Crippen LogP contribution in [0.2, 0.25) is 0 Å². The van der Waals surface area contributed by atoms with Gasteiger partial charge in [0.15, 0.2) is 11.9 Å². The number of carbonyl (C=O) groups excluding carboxylic acids is 1. The molecule has 2 heterocycles. The maximum absolute atomic E-state index is 14.2.